The monoisotopic (exact) mass is 627 g/mol. The van der Waals surface area contributed by atoms with Gasteiger partial charge in [-0.05, 0) is 30.2 Å². The van der Waals surface area contributed by atoms with Crippen molar-refractivity contribution >= 4 is 17.7 Å². The van der Waals surface area contributed by atoms with Crippen molar-refractivity contribution in [3.05, 3.63) is 94.2 Å². The minimum Gasteiger partial charge on any atom is -0.493 e. The molecule has 5 rings (SSSR count). The van der Waals surface area contributed by atoms with Gasteiger partial charge in [0.05, 0.1) is 31.8 Å². The standard InChI is InChI=1S/C33H37N7O6/c1-21(2)29-31-36-30(22-8-6-5-7-9-22)37-40(31)16-17-46-26-18-23(10-12-25(26)45-4)32(43)34-14-15-39(20-27(41)35-29)33(44)24-11-13-28(42)38(3)19-24/h5-13,18-19,21,29H,14-17,20H2,1-4H3,(H,34,43)(H,35,41)/t29-/m1/s1. The molecule has 0 saturated heterocycles. The quantitative estimate of drug-likeness (QED) is 0.351. The van der Waals surface area contributed by atoms with E-state index in [1.165, 1.54) is 34.9 Å². The molecule has 1 atom stereocenters. The van der Waals surface area contributed by atoms with E-state index < -0.39 is 17.9 Å². The number of hydrogen-bond acceptors (Lipinski definition) is 8. The van der Waals surface area contributed by atoms with Crippen molar-refractivity contribution in [2.45, 2.75) is 26.4 Å². The van der Waals surface area contributed by atoms with E-state index in [0.29, 0.717) is 28.7 Å². The second-order valence-electron chi connectivity index (χ2n) is 11.2. The summed E-state index contributed by atoms with van der Waals surface area (Å²) in [7, 11) is 3.06. The largest absolute Gasteiger partial charge is 0.493 e. The van der Waals surface area contributed by atoms with E-state index in [1.54, 1.807) is 29.9 Å². The molecule has 2 N–H and O–H groups in total. The number of aryl methyl sites for hydroxylation is 1. The van der Waals surface area contributed by atoms with Crippen LogP contribution in [-0.4, -0.2) is 75.3 Å². The fraction of sp³-hybridized carbons (Fsp3) is 0.333. The molecule has 0 spiro atoms. The van der Waals surface area contributed by atoms with Gasteiger partial charge in [-0.1, -0.05) is 44.2 Å². The summed E-state index contributed by atoms with van der Waals surface area (Å²) < 4.78 is 14.6. The first kappa shape index (κ1) is 31.9. The summed E-state index contributed by atoms with van der Waals surface area (Å²) in [4.78, 5) is 58.5. The Morgan fingerprint density at radius 1 is 1.02 bits per heavy atom. The van der Waals surface area contributed by atoms with Gasteiger partial charge in [0.2, 0.25) is 11.5 Å². The first-order chi connectivity index (χ1) is 22.1. The average Bonchev–Trinajstić information content (AvgIpc) is 3.47. The minimum absolute atomic E-state index is 0.0288. The van der Waals surface area contributed by atoms with Crippen LogP contribution in [0.2, 0.25) is 0 Å². The number of aromatic nitrogens is 4. The van der Waals surface area contributed by atoms with E-state index >= 15 is 0 Å². The highest BCUT2D eigenvalue weighted by Gasteiger charge is 2.28. The number of methoxy groups -OCH3 is 1. The van der Waals surface area contributed by atoms with Crippen molar-refractivity contribution in [2.24, 2.45) is 13.0 Å². The third-order valence-electron chi connectivity index (χ3n) is 7.60. The first-order valence-electron chi connectivity index (χ1n) is 15.0. The van der Waals surface area contributed by atoms with E-state index in [-0.39, 0.29) is 55.7 Å². The van der Waals surface area contributed by atoms with Crippen molar-refractivity contribution < 1.29 is 23.9 Å². The number of ether oxygens (including phenoxy) is 2. The number of amides is 3. The summed E-state index contributed by atoms with van der Waals surface area (Å²) in [6.07, 6.45) is 1.42. The van der Waals surface area contributed by atoms with E-state index in [1.807, 2.05) is 44.2 Å². The Kier molecular flexibility index (Phi) is 9.79. The van der Waals surface area contributed by atoms with Crippen LogP contribution in [0.1, 0.15) is 46.4 Å². The maximum absolute atomic E-state index is 13.6. The lowest BCUT2D eigenvalue weighted by atomic mass is 10.0. The summed E-state index contributed by atoms with van der Waals surface area (Å²) in [5, 5.41) is 10.6. The van der Waals surface area contributed by atoms with Crippen LogP contribution in [0.4, 0.5) is 0 Å². The van der Waals surface area contributed by atoms with E-state index in [9.17, 15) is 19.2 Å². The molecule has 0 radical (unpaired) electrons. The number of nitrogens with one attached hydrogen (secondary N) is 2. The molecule has 3 heterocycles. The number of carbonyl (C=O) groups is 3. The van der Waals surface area contributed by atoms with Crippen molar-refractivity contribution in [3.8, 4) is 22.9 Å². The van der Waals surface area contributed by atoms with E-state index in [0.717, 1.165) is 5.56 Å². The smallest absolute Gasteiger partial charge is 0.255 e. The topological polar surface area (TPSA) is 150 Å². The molecule has 0 unspecified atom stereocenters. The van der Waals surface area contributed by atoms with Crippen LogP contribution in [0.15, 0.2) is 71.7 Å². The van der Waals surface area contributed by atoms with Crippen LogP contribution >= 0.6 is 0 Å². The van der Waals surface area contributed by atoms with Gasteiger partial charge in [0.15, 0.2) is 23.1 Å². The van der Waals surface area contributed by atoms with Crippen molar-refractivity contribution in [1.29, 1.82) is 0 Å². The molecule has 2 aromatic heterocycles. The molecule has 0 aliphatic carbocycles. The summed E-state index contributed by atoms with van der Waals surface area (Å²) in [6, 6.07) is 16.6. The number of pyridine rings is 1. The van der Waals surface area contributed by atoms with Crippen molar-refractivity contribution in [1.82, 2.24) is 34.9 Å². The molecule has 2 bridgehead atoms. The minimum atomic E-state index is -0.555. The maximum Gasteiger partial charge on any atom is 0.255 e. The van der Waals surface area contributed by atoms with Gasteiger partial charge in [0, 0.05) is 43.5 Å². The Morgan fingerprint density at radius 3 is 2.52 bits per heavy atom. The van der Waals surface area contributed by atoms with E-state index in [4.69, 9.17) is 19.6 Å². The van der Waals surface area contributed by atoms with Gasteiger partial charge >= 0.3 is 0 Å². The SMILES string of the molecule is COc1ccc2cc1OCCn1nc(-c3ccccc3)nc1[C@@H](C(C)C)NC(=O)CN(C(=O)c1ccc(=O)n(C)c1)CCNC2=O. The summed E-state index contributed by atoms with van der Waals surface area (Å²) in [5.74, 6) is 0.495. The number of rotatable bonds is 4. The zero-order chi connectivity index (χ0) is 32.8. The van der Waals surface area contributed by atoms with E-state index in [2.05, 4.69) is 10.6 Å². The van der Waals surface area contributed by atoms with Gasteiger partial charge in [-0.15, -0.1) is 0 Å². The normalized spacial score (nSPS) is 16.1. The summed E-state index contributed by atoms with van der Waals surface area (Å²) >= 11 is 0. The van der Waals surface area contributed by atoms with Crippen LogP contribution in [0.5, 0.6) is 11.5 Å². The lowest BCUT2D eigenvalue weighted by Gasteiger charge is -2.26. The van der Waals surface area contributed by atoms with Crippen LogP contribution in [0.3, 0.4) is 0 Å². The molecular formula is C33H37N7O6. The van der Waals surface area contributed by atoms with Crippen LogP contribution < -0.4 is 25.7 Å². The van der Waals surface area contributed by atoms with Gasteiger partial charge in [-0.25, -0.2) is 9.67 Å². The van der Waals surface area contributed by atoms with Crippen LogP contribution in [-0.2, 0) is 18.4 Å². The predicted molar refractivity (Wildman–Crippen MR) is 170 cm³/mol. The van der Waals surface area contributed by atoms with Gasteiger partial charge in [-0.2, -0.15) is 5.10 Å². The molecule has 1 aliphatic rings. The number of fused-ring (bicyclic) bond motifs is 3. The fourth-order valence-electron chi connectivity index (χ4n) is 5.11. The molecule has 13 heteroatoms. The van der Waals surface area contributed by atoms with Crippen LogP contribution in [0, 0.1) is 5.92 Å². The van der Waals surface area contributed by atoms with Crippen LogP contribution in [0.25, 0.3) is 11.4 Å². The molecular weight excluding hydrogens is 590 g/mol. The predicted octanol–water partition coefficient (Wildman–Crippen LogP) is 2.43. The number of hydrogen-bond donors (Lipinski definition) is 2. The van der Waals surface area contributed by atoms with Gasteiger partial charge in [0.1, 0.15) is 6.61 Å². The summed E-state index contributed by atoms with van der Waals surface area (Å²) in [6.45, 7) is 4.18. The van der Waals surface area contributed by atoms with Gasteiger partial charge in [0.25, 0.3) is 11.8 Å². The molecule has 4 aromatic rings. The Labute approximate surface area is 266 Å². The molecule has 46 heavy (non-hydrogen) atoms. The third kappa shape index (κ3) is 7.25. The van der Waals surface area contributed by atoms with Gasteiger partial charge < -0.3 is 29.6 Å². The Morgan fingerprint density at radius 2 is 1.80 bits per heavy atom. The fourth-order valence-corrected chi connectivity index (χ4v) is 5.11. The second-order valence-corrected chi connectivity index (χ2v) is 11.2. The highest BCUT2D eigenvalue weighted by Crippen LogP contribution is 2.29. The lowest BCUT2D eigenvalue weighted by molar-refractivity contribution is -0.123. The van der Waals surface area contributed by atoms with Crippen molar-refractivity contribution in [3.63, 3.8) is 0 Å². The summed E-state index contributed by atoms with van der Waals surface area (Å²) in [5.41, 5.74) is 1.11. The molecule has 2 aromatic carbocycles. The van der Waals surface area contributed by atoms with Crippen molar-refractivity contribution in [2.75, 3.05) is 33.4 Å². The third-order valence-corrected chi connectivity index (χ3v) is 7.60. The molecule has 13 nitrogen and oxygen atoms in total. The zero-order valence-electron chi connectivity index (χ0n) is 26.2. The highest BCUT2D eigenvalue weighted by molar-refractivity contribution is 5.97. The number of nitrogens with zero attached hydrogens (tertiary/aromatic N) is 5. The Balaban J connectivity index is 1.53. The number of carbonyl (C=O) groups excluding carboxylic acids is 3. The zero-order valence-corrected chi connectivity index (χ0v) is 26.2. The average molecular weight is 628 g/mol. The van der Waals surface area contributed by atoms with Gasteiger partial charge in [-0.3, -0.25) is 19.2 Å². The molecule has 3 amide bonds. The molecule has 240 valence electrons. The molecule has 0 saturated carbocycles. The second kappa shape index (κ2) is 14.1. The maximum atomic E-state index is 13.6. The molecule has 0 fully saturated rings. The lowest BCUT2D eigenvalue weighted by Crippen LogP contribution is -2.46. The number of benzene rings is 2. The Hall–Kier alpha value is -5.46. The molecule has 1 aliphatic heterocycles. The highest BCUT2D eigenvalue weighted by atomic mass is 16.5. The first-order valence-corrected chi connectivity index (χ1v) is 15.0. The Bertz CT molecular complexity index is 1780.